The molecule has 2 N–H and O–H groups in total. The molecule has 2 aromatic carbocycles. The van der Waals surface area contributed by atoms with Crippen LogP contribution in [0, 0.1) is 5.82 Å². The van der Waals surface area contributed by atoms with E-state index in [0.29, 0.717) is 43.9 Å². The second kappa shape index (κ2) is 7.50. The van der Waals surface area contributed by atoms with E-state index >= 15 is 0 Å². The zero-order valence-corrected chi connectivity index (χ0v) is 15.7. The molecule has 146 valence electrons. The fourth-order valence-electron chi connectivity index (χ4n) is 3.83. The number of carbonyl (C=O) groups is 2. The molecule has 1 atom stereocenters. The first-order valence-electron chi connectivity index (χ1n) is 9.51. The number of anilines is 3. The Bertz CT molecular complexity index is 917. The highest BCUT2D eigenvalue weighted by Crippen LogP contribution is 2.27. The van der Waals surface area contributed by atoms with Crippen LogP contribution in [0.1, 0.15) is 18.9 Å². The molecule has 1 fully saturated rings. The number of para-hydroxylation sites is 1. The van der Waals surface area contributed by atoms with E-state index in [1.54, 1.807) is 23.1 Å². The van der Waals surface area contributed by atoms with Crippen LogP contribution in [0.4, 0.5) is 26.2 Å². The molecule has 2 aliphatic heterocycles. The van der Waals surface area contributed by atoms with E-state index in [0.717, 1.165) is 11.3 Å². The average Bonchev–Trinajstić information content (AvgIpc) is 2.68. The summed E-state index contributed by atoms with van der Waals surface area (Å²) in [5.74, 6) is -0.252. The number of nitrogens with zero attached hydrogens (tertiary/aromatic N) is 2. The lowest BCUT2D eigenvalue weighted by atomic mass is 10.0. The molecule has 0 spiro atoms. The van der Waals surface area contributed by atoms with Crippen LogP contribution in [0.2, 0.25) is 0 Å². The summed E-state index contributed by atoms with van der Waals surface area (Å²) in [5.41, 5.74) is 3.05. The van der Waals surface area contributed by atoms with Gasteiger partial charge in [0.15, 0.2) is 0 Å². The van der Waals surface area contributed by atoms with Crippen LogP contribution >= 0.6 is 0 Å². The van der Waals surface area contributed by atoms with Gasteiger partial charge < -0.3 is 20.4 Å². The maximum atomic E-state index is 14.0. The number of hydrogen-bond donors (Lipinski definition) is 2. The molecule has 0 unspecified atom stereocenters. The van der Waals surface area contributed by atoms with Gasteiger partial charge in [-0.25, -0.2) is 9.18 Å². The number of carbonyl (C=O) groups excluding carboxylic acids is 2. The molecular weight excluding hydrogens is 359 g/mol. The van der Waals surface area contributed by atoms with Gasteiger partial charge in [0, 0.05) is 43.5 Å². The van der Waals surface area contributed by atoms with Crippen molar-refractivity contribution in [2.45, 2.75) is 25.8 Å². The largest absolute Gasteiger partial charge is 0.365 e. The maximum absolute atomic E-state index is 14.0. The highest BCUT2D eigenvalue weighted by Gasteiger charge is 2.28. The molecule has 3 amide bonds. The molecule has 0 aliphatic carbocycles. The Kier molecular flexibility index (Phi) is 4.90. The zero-order valence-electron chi connectivity index (χ0n) is 15.7. The molecule has 1 saturated heterocycles. The smallest absolute Gasteiger partial charge is 0.322 e. The maximum Gasteiger partial charge on any atom is 0.322 e. The molecule has 0 saturated carbocycles. The van der Waals surface area contributed by atoms with Gasteiger partial charge in [0.2, 0.25) is 5.91 Å². The second-order valence-corrected chi connectivity index (χ2v) is 7.29. The summed E-state index contributed by atoms with van der Waals surface area (Å²) < 4.78 is 14.0. The van der Waals surface area contributed by atoms with Crippen molar-refractivity contribution in [3.05, 3.63) is 53.8 Å². The van der Waals surface area contributed by atoms with Gasteiger partial charge >= 0.3 is 6.03 Å². The second-order valence-electron chi connectivity index (χ2n) is 7.29. The van der Waals surface area contributed by atoms with Gasteiger partial charge in [-0.3, -0.25) is 4.79 Å². The van der Waals surface area contributed by atoms with Gasteiger partial charge in [-0.05, 0) is 43.2 Å². The number of urea groups is 1. The number of nitrogens with one attached hydrogen (secondary N) is 2. The van der Waals surface area contributed by atoms with Crippen molar-refractivity contribution < 1.29 is 14.0 Å². The third-order valence-corrected chi connectivity index (χ3v) is 5.34. The number of hydrogen-bond acceptors (Lipinski definition) is 3. The number of aryl methyl sites for hydroxylation is 1. The number of benzene rings is 2. The molecule has 2 aliphatic rings. The molecule has 28 heavy (non-hydrogen) atoms. The van der Waals surface area contributed by atoms with Gasteiger partial charge in [0.05, 0.1) is 5.69 Å². The van der Waals surface area contributed by atoms with Crippen molar-refractivity contribution in [3.8, 4) is 0 Å². The van der Waals surface area contributed by atoms with E-state index < -0.39 is 0 Å². The van der Waals surface area contributed by atoms with Gasteiger partial charge in [-0.15, -0.1) is 0 Å². The van der Waals surface area contributed by atoms with Crippen molar-refractivity contribution in [2.75, 3.05) is 35.2 Å². The molecule has 0 bridgehead atoms. The minimum Gasteiger partial charge on any atom is -0.365 e. The number of piperazine rings is 1. The lowest BCUT2D eigenvalue weighted by molar-refractivity contribution is -0.116. The average molecular weight is 382 g/mol. The molecule has 2 heterocycles. The highest BCUT2D eigenvalue weighted by atomic mass is 19.1. The van der Waals surface area contributed by atoms with Crippen molar-refractivity contribution in [3.63, 3.8) is 0 Å². The Morgan fingerprint density at radius 2 is 2.00 bits per heavy atom. The molecule has 7 heteroatoms. The monoisotopic (exact) mass is 382 g/mol. The molecule has 6 nitrogen and oxygen atoms in total. The molecule has 2 aromatic rings. The van der Waals surface area contributed by atoms with Gasteiger partial charge in [-0.2, -0.15) is 0 Å². The van der Waals surface area contributed by atoms with Crippen LogP contribution in [0.15, 0.2) is 42.5 Å². The predicted octanol–water partition coefficient (Wildman–Crippen LogP) is 3.45. The van der Waals surface area contributed by atoms with Crippen LogP contribution < -0.4 is 15.5 Å². The lowest BCUT2D eigenvalue weighted by Gasteiger charge is -2.41. The van der Waals surface area contributed by atoms with Crippen LogP contribution in [0.25, 0.3) is 0 Å². The highest BCUT2D eigenvalue weighted by molar-refractivity contribution is 5.96. The third kappa shape index (κ3) is 3.65. The van der Waals surface area contributed by atoms with Gasteiger partial charge in [-0.1, -0.05) is 18.2 Å². The fraction of sp³-hybridized carbons (Fsp3) is 0.333. The van der Waals surface area contributed by atoms with Crippen LogP contribution in [-0.2, 0) is 11.2 Å². The first-order valence-corrected chi connectivity index (χ1v) is 9.51. The Labute approximate surface area is 163 Å². The van der Waals surface area contributed by atoms with E-state index in [2.05, 4.69) is 10.6 Å². The standard InChI is InChI=1S/C21H23FN4O2/c1-14-13-25(19-5-3-2-4-17(19)22)10-11-26(14)21(28)23-16-8-6-15-7-9-20(27)24-18(15)12-16/h2-6,8,12,14H,7,9-11,13H2,1H3,(H,23,28)(H,24,27)/t14-/m1/s1. The fourth-order valence-corrected chi connectivity index (χ4v) is 3.83. The summed E-state index contributed by atoms with van der Waals surface area (Å²) in [6.45, 7) is 3.59. The van der Waals surface area contributed by atoms with Crippen molar-refractivity contribution in [1.82, 2.24) is 4.90 Å². The van der Waals surface area contributed by atoms with Crippen molar-refractivity contribution in [2.24, 2.45) is 0 Å². The van der Waals surface area contributed by atoms with E-state index in [1.807, 2.05) is 30.0 Å². The minimum atomic E-state index is -0.247. The Balaban J connectivity index is 1.41. The van der Waals surface area contributed by atoms with Crippen LogP contribution in [0.3, 0.4) is 0 Å². The van der Waals surface area contributed by atoms with Crippen molar-refractivity contribution >= 4 is 29.0 Å². The number of fused-ring (bicyclic) bond motifs is 1. The summed E-state index contributed by atoms with van der Waals surface area (Å²) in [5, 5.41) is 5.76. The third-order valence-electron chi connectivity index (χ3n) is 5.34. The minimum absolute atomic E-state index is 0.00568. The summed E-state index contributed by atoms with van der Waals surface area (Å²) >= 11 is 0. The SMILES string of the molecule is C[C@@H]1CN(c2ccccc2F)CCN1C(=O)Nc1ccc2c(c1)NC(=O)CC2. The molecule has 0 radical (unpaired) electrons. The van der Waals surface area contributed by atoms with E-state index in [-0.39, 0.29) is 23.8 Å². The summed E-state index contributed by atoms with van der Waals surface area (Å²) in [7, 11) is 0. The van der Waals surface area contributed by atoms with Gasteiger partial charge in [0.1, 0.15) is 5.82 Å². The summed E-state index contributed by atoms with van der Waals surface area (Å²) in [6.07, 6.45) is 1.20. The van der Waals surface area contributed by atoms with Crippen LogP contribution in [-0.4, -0.2) is 42.5 Å². The topological polar surface area (TPSA) is 64.7 Å². The number of halogens is 1. The van der Waals surface area contributed by atoms with Crippen LogP contribution in [0.5, 0.6) is 0 Å². The predicted molar refractivity (Wildman–Crippen MR) is 107 cm³/mol. The quantitative estimate of drug-likeness (QED) is 0.836. The van der Waals surface area contributed by atoms with Crippen molar-refractivity contribution in [1.29, 1.82) is 0 Å². The van der Waals surface area contributed by atoms with E-state index in [4.69, 9.17) is 0 Å². The number of rotatable bonds is 2. The summed E-state index contributed by atoms with van der Waals surface area (Å²) in [4.78, 5) is 28.1. The molecule has 0 aromatic heterocycles. The zero-order chi connectivity index (χ0) is 19.7. The normalized spacial score (nSPS) is 19.1. The molecule has 4 rings (SSSR count). The van der Waals surface area contributed by atoms with Gasteiger partial charge in [0.25, 0.3) is 0 Å². The Morgan fingerprint density at radius 3 is 2.79 bits per heavy atom. The Hall–Kier alpha value is -3.09. The lowest BCUT2D eigenvalue weighted by Crippen LogP contribution is -2.55. The molecular formula is C21H23FN4O2. The summed E-state index contributed by atoms with van der Waals surface area (Å²) in [6, 6.07) is 12.0. The van der Waals surface area contributed by atoms with E-state index in [9.17, 15) is 14.0 Å². The number of amides is 3. The van der Waals surface area contributed by atoms with E-state index in [1.165, 1.54) is 6.07 Å². The first kappa shape index (κ1) is 18.3. The Morgan fingerprint density at radius 1 is 1.18 bits per heavy atom. The first-order chi connectivity index (χ1) is 13.5.